The van der Waals surface area contributed by atoms with E-state index >= 15 is 0 Å². The number of pyridine rings is 1. The molecule has 9 heteroatoms. The Morgan fingerprint density at radius 2 is 1.77 bits per heavy atom. The van der Waals surface area contributed by atoms with Gasteiger partial charge in [0.25, 0.3) is 11.5 Å². The normalized spacial score (nSPS) is 10.5. The topological polar surface area (TPSA) is 112 Å². The van der Waals surface area contributed by atoms with Crippen LogP contribution in [0.2, 0.25) is 0 Å². The molecule has 2 heterocycles. The third-order valence-electron chi connectivity index (χ3n) is 4.29. The zero-order valence-corrected chi connectivity index (χ0v) is 16.0. The standard InChI is InChI=1S/C22H16FN5O3/c23-14-3-7-16(8-4-14)28-11-1-2-18(22(28)30)21(29)27-15-5-9-17(10-6-15)31-20-12-19(24)25-13-26-20/h1-13H,(H,27,29)(H2,24,25,26). The second-order valence-electron chi connectivity index (χ2n) is 6.44. The van der Waals surface area contributed by atoms with Crippen LogP contribution in [0.4, 0.5) is 15.9 Å². The van der Waals surface area contributed by atoms with Gasteiger partial charge in [-0.15, -0.1) is 0 Å². The van der Waals surface area contributed by atoms with Crippen LogP contribution in [0.5, 0.6) is 11.6 Å². The zero-order chi connectivity index (χ0) is 21.8. The summed E-state index contributed by atoms with van der Waals surface area (Å²) in [7, 11) is 0. The summed E-state index contributed by atoms with van der Waals surface area (Å²) >= 11 is 0. The van der Waals surface area contributed by atoms with E-state index in [1.54, 1.807) is 30.3 Å². The molecule has 0 aliphatic rings. The molecule has 0 atom stereocenters. The maximum Gasteiger partial charge on any atom is 0.267 e. The molecule has 0 unspecified atom stereocenters. The average molecular weight is 417 g/mol. The Balaban J connectivity index is 1.50. The van der Waals surface area contributed by atoms with Crippen molar-refractivity contribution < 1.29 is 13.9 Å². The van der Waals surface area contributed by atoms with Crippen LogP contribution in [0.1, 0.15) is 10.4 Å². The molecule has 0 bridgehead atoms. The molecule has 2 aromatic carbocycles. The van der Waals surface area contributed by atoms with Crippen LogP contribution in [-0.4, -0.2) is 20.4 Å². The van der Waals surface area contributed by atoms with Gasteiger partial charge in [-0.2, -0.15) is 0 Å². The number of ether oxygens (including phenoxy) is 1. The second kappa shape index (κ2) is 8.46. The number of nitrogens with zero attached hydrogens (tertiary/aromatic N) is 3. The number of nitrogens with one attached hydrogen (secondary N) is 1. The molecule has 0 aliphatic carbocycles. The number of nitrogen functional groups attached to an aromatic ring is 1. The molecule has 154 valence electrons. The molecule has 0 saturated heterocycles. The number of hydrogen-bond acceptors (Lipinski definition) is 6. The minimum Gasteiger partial charge on any atom is -0.439 e. The lowest BCUT2D eigenvalue weighted by molar-refractivity contribution is 0.102. The summed E-state index contributed by atoms with van der Waals surface area (Å²) in [5.74, 6) is 0.0624. The van der Waals surface area contributed by atoms with Gasteiger partial charge >= 0.3 is 0 Å². The lowest BCUT2D eigenvalue weighted by atomic mass is 10.2. The van der Waals surface area contributed by atoms with Crippen molar-refractivity contribution in [1.29, 1.82) is 0 Å². The van der Waals surface area contributed by atoms with Crippen molar-refractivity contribution in [3.05, 3.63) is 101 Å². The highest BCUT2D eigenvalue weighted by atomic mass is 19.1. The molecule has 0 spiro atoms. The summed E-state index contributed by atoms with van der Waals surface area (Å²) in [4.78, 5) is 33.1. The predicted octanol–water partition coefficient (Wildman–Crippen LogP) is 3.39. The van der Waals surface area contributed by atoms with Gasteiger partial charge in [-0.05, 0) is 60.7 Å². The molecule has 2 aromatic heterocycles. The first-order valence-electron chi connectivity index (χ1n) is 9.14. The highest BCUT2D eigenvalue weighted by Crippen LogP contribution is 2.22. The average Bonchev–Trinajstić information content (AvgIpc) is 2.76. The molecule has 0 fully saturated rings. The van der Waals surface area contributed by atoms with E-state index in [9.17, 15) is 14.0 Å². The number of halogens is 1. The lowest BCUT2D eigenvalue weighted by Gasteiger charge is -2.10. The van der Waals surface area contributed by atoms with Gasteiger partial charge in [0.2, 0.25) is 5.88 Å². The minimum absolute atomic E-state index is 0.0522. The van der Waals surface area contributed by atoms with Crippen LogP contribution < -0.4 is 21.3 Å². The predicted molar refractivity (Wildman–Crippen MR) is 113 cm³/mol. The van der Waals surface area contributed by atoms with Crippen LogP contribution in [0, 0.1) is 5.82 Å². The third kappa shape index (κ3) is 4.56. The molecule has 0 saturated carbocycles. The van der Waals surface area contributed by atoms with Crippen LogP contribution in [0.15, 0.2) is 84.0 Å². The Bertz CT molecular complexity index is 1290. The molecule has 0 radical (unpaired) electrons. The van der Waals surface area contributed by atoms with Crippen molar-refractivity contribution in [2.24, 2.45) is 0 Å². The van der Waals surface area contributed by atoms with E-state index in [1.807, 2.05) is 0 Å². The number of nitrogens with two attached hydrogens (primary N) is 1. The highest BCUT2D eigenvalue weighted by molar-refractivity contribution is 6.04. The van der Waals surface area contributed by atoms with Gasteiger partial charge in [0.05, 0.1) is 0 Å². The monoisotopic (exact) mass is 417 g/mol. The second-order valence-corrected chi connectivity index (χ2v) is 6.44. The quantitative estimate of drug-likeness (QED) is 0.515. The van der Waals surface area contributed by atoms with E-state index in [-0.39, 0.29) is 17.3 Å². The number of carbonyl (C=O) groups is 1. The van der Waals surface area contributed by atoms with E-state index in [4.69, 9.17) is 10.5 Å². The number of aromatic nitrogens is 3. The Labute approximate surface area is 175 Å². The number of carbonyl (C=O) groups excluding carboxylic acids is 1. The largest absolute Gasteiger partial charge is 0.439 e. The number of rotatable bonds is 5. The Morgan fingerprint density at radius 3 is 2.48 bits per heavy atom. The first kappa shape index (κ1) is 19.8. The summed E-state index contributed by atoms with van der Waals surface area (Å²) < 4.78 is 20.0. The van der Waals surface area contributed by atoms with Gasteiger partial charge in [0, 0.05) is 23.6 Å². The zero-order valence-electron chi connectivity index (χ0n) is 16.0. The van der Waals surface area contributed by atoms with Gasteiger partial charge in [-0.3, -0.25) is 14.2 Å². The van der Waals surface area contributed by atoms with E-state index in [2.05, 4.69) is 15.3 Å². The minimum atomic E-state index is -0.571. The fraction of sp³-hybridized carbons (Fsp3) is 0. The number of hydrogen-bond donors (Lipinski definition) is 2. The molecule has 4 rings (SSSR count). The molecular weight excluding hydrogens is 401 g/mol. The first-order chi connectivity index (χ1) is 15.0. The maximum atomic E-state index is 13.1. The summed E-state index contributed by atoms with van der Waals surface area (Å²) in [6.45, 7) is 0. The van der Waals surface area contributed by atoms with Crippen LogP contribution >= 0.6 is 0 Å². The number of anilines is 2. The first-order valence-corrected chi connectivity index (χ1v) is 9.14. The smallest absolute Gasteiger partial charge is 0.267 e. The SMILES string of the molecule is Nc1cc(Oc2ccc(NC(=O)c3cccn(-c4ccc(F)cc4)c3=O)cc2)ncn1. The Morgan fingerprint density at radius 1 is 1.03 bits per heavy atom. The summed E-state index contributed by atoms with van der Waals surface area (Å²) in [6, 6.07) is 16.4. The van der Waals surface area contributed by atoms with Gasteiger partial charge in [-0.25, -0.2) is 14.4 Å². The summed E-state index contributed by atoms with van der Waals surface area (Å²) in [5.41, 5.74) is 5.94. The lowest BCUT2D eigenvalue weighted by Crippen LogP contribution is -2.27. The molecule has 4 aromatic rings. The van der Waals surface area contributed by atoms with Crippen LogP contribution in [-0.2, 0) is 0 Å². The van der Waals surface area contributed by atoms with Gasteiger partial charge < -0.3 is 15.8 Å². The van der Waals surface area contributed by atoms with E-state index < -0.39 is 17.3 Å². The fourth-order valence-electron chi connectivity index (χ4n) is 2.81. The molecule has 1 amide bonds. The van der Waals surface area contributed by atoms with Crippen molar-refractivity contribution in [3.8, 4) is 17.3 Å². The van der Waals surface area contributed by atoms with Crippen molar-refractivity contribution in [1.82, 2.24) is 14.5 Å². The van der Waals surface area contributed by atoms with E-state index in [0.29, 0.717) is 17.1 Å². The third-order valence-corrected chi connectivity index (χ3v) is 4.29. The van der Waals surface area contributed by atoms with Crippen molar-refractivity contribution in [2.45, 2.75) is 0 Å². The summed E-state index contributed by atoms with van der Waals surface area (Å²) in [5, 5.41) is 2.67. The van der Waals surface area contributed by atoms with E-state index in [0.717, 1.165) is 0 Å². The molecule has 8 nitrogen and oxygen atoms in total. The van der Waals surface area contributed by atoms with Gasteiger partial charge in [0.1, 0.15) is 29.3 Å². The number of amides is 1. The molecule has 3 N–H and O–H groups in total. The number of benzene rings is 2. The van der Waals surface area contributed by atoms with Gasteiger partial charge in [-0.1, -0.05) is 0 Å². The van der Waals surface area contributed by atoms with Crippen molar-refractivity contribution >= 4 is 17.4 Å². The molecular formula is C22H16FN5O3. The van der Waals surface area contributed by atoms with Crippen LogP contribution in [0.3, 0.4) is 0 Å². The Kier molecular flexibility index (Phi) is 5.39. The van der Waals surface area contributed by atoms with Gasteiger partial charge in [0.15, 0.2) is 0 Å². The highest BCUT2D eigenvalue weighted by Gasteiger charge is 2.13. The summed E-state index contributed by atoms with van der Waals surface area (Å²) in [6.07, 6.45) is 2.80. The van der Waals surface area contributed by atoms with E-state index in [1.165, 1.54) is 53.5 Å². The van der Waals surface area contributed by atoms with Crippen molar-refractivity contribution in [3.63, 3.8) is 0 Å². The maximum absolute atomic E-state index is 13.1. The molecule has 0 aliphatic heterocycles. The molecule has 31 heavy (non-hydrogen) atoms. The van der Waals surface area contributed by atoms with Crippen molar-refractivity contribution in [2.75, 3.05) is 11.1 Å². The van der Waals surface area contributed by atoms with Crippen LogP contribution in [0.25, 0.3) is 5.69 Å². The Hall–Kier alpha value is -4.53. The fourth-order valence-corrected chi connectivity index (χ4v) is 2.81.